The van der Waals surface area contributed by atoms with Crippen molar-refractivity contribution in [3.63, 3.8) is 0 Å². The molecule has 0 saturated heterocycles. The second-order valence-corrected chi connectivity index (χ2v) is 8.05. The van der Waals surface area contributed by atoms with E-state index in [9.17, 15) is 13.2 Å². The maximum absolute atomic E-state index is 12.6. The van der Waals surface area contributed by atoms with Crippen LogP contribution in [0, 0.1) is 6.92 Å². The van der Waals surface area contributed by atoms with Gasteiger partial charge in [0.2, 0.25) is 10.0 Å². The fourth-order valence-corrected chi connectivity index (χ4v) is 3.70. The van der Waals surface area contributed by atoms with Gasteiger partial charge in [0.15, 0.2) is 0 Å². The molecule has 1 heterocycles. The highest BCUT2D eigenvalue weighted by Gasteiger charge is 2.16. The van der Waals surface area contributed by atoms with E-state index in [0.717, 1.165) is 16.8 Å². The Morgan fingerprint density at radius 3 is 2.50 bits per heavy atom. The number of carbonyl (C=O) groups is 1. The summed E-state index contributed by atoms with van der Waals surface area (Å²) in [5, 5.41) is 2.74. The van der Waals surface area contributed by atoms with Crippen LogP contribution in [0.2, 0.25) is 0 Å². The van der Waals surface area contributed by atoms with Crippen LogP contribution in [0.15, 0.2) is 77.8 Å². The lowest BCUT2D eigenvalue weighted by molar-refractivity contribution is 0.0950. The van der Waals surface area contributed by atoms with Crippen LogP contribution < -0.4 is 10.0 Å². The van der Waals surface area contributed by atoms with Crippen molar-refractivity contribution in [3.05, 3.63) is 95.3 Å². The number of nitrogens with zero attached hydrogens (tertiary/aromatic N) is 1. The molecule has 1 aromatic heterocycles. The topological polar surface area (TPSA) is 88.2 Å². The number of amides is 1. The minimum absolute atomic E-state index is 0.0478. The normalized spacial score (nSPS) is 11.2. The minimum atomic E-state index is -3.74. The standard InChI is InChI=1S/C21H21N3O3S/c1-16-7-2-3-8-18(16)14-24-28(26,27)20-11-6-9-17(13-20)21(25)23-15-19-10-4-5-12-22-19/h2-13,24H,14-15H2,1H3,(H,23,25). The van der Waals surface area contributed by atoms with E-state index in [2.05, 4.69) is 15.0 Å². The zero-order valence-corrected chi connectivity index (χ0v) is 16.2. The third-order valence-corrected chi connectivity index (χ3v) is 5.68. The van der Waals surface area contributed by atoms with E-state index in [4.69, 9.17) is 0 Å². The summed E-state index contributed by atoms with van der Waals surface area (Å²) in [4.78, 5) is 16.6. The molecule has 3 aromatic rings. The molecule has 7 heteroatoms. The van der Waals surface area contributed by atoms with E-state index in [-0.39, 0.29) is 29.5 Å². The van der Waals surface area contributed by atoms with Gasteiger partial charge in [-0.05, 0) is 48.4 Å². The van der Waals surface area contributed by atoms with Gasteiger partial charge in [-0.3, -0.25) is 9.78 Å². The lowest BCUT2D eigenvalue weighted by atomic mass is 10.1. The lowest BCUT2D eigenvalue weighted by Crippen LogP contribution is -2.25. The molecule has 0 aliphatic rings. The first kappa shape index (κ1) is 19.7. The molecule has 0 atom stereocenters. The lowest BCUT2D eigenvalue weighted by Gasteiger charge is -2.10. The van der Waals surface area contributed by atoms with Crippen LogP contribution >= 0.6 is 0 Å². The molecule has 2 N–H and O–H groups in total. The van der Waals surface area contributed by atoms with Crippen LogP contribution in [0.4, 0.5) is 0 Å². The average molecular weight is 395 g/mol. The van der Waals surface area contributed by atoms with Gasteiger partial charge in [-0.1, -0.05) is 36.4 Å². The number of carbonyl (C=O) groups excluding carboxylic acids is 1. The maximum atomic E-state index is 12.6. The molecule has 1 amide bonds. The van der Waals surface area contributed by atoms with Crippen LogP contribution in [0.3, 0.4) is 0 Å². The van der Waals surface area contributed by atoms with E-state index in [0.29, 0.717) is 0 Å². The Kier molecular flexibility index (Phi) is 6.18. The van der Waals surface area contributed by atoms with Crippen molar-refractivity contribution in [2.75, 3.05) is 0 Å². The molecular weight excluding hydrogens is 374 g/mol. The number of nitrogens with one attached hydrogen (secondary N) is 2. The number of aryl methyl sites for hydroxylation is 1. The van der Waals surface area contributed by atoms with Crippen molar-refractivity contribution < 1.29 is 13.2 Å². The van der Waals surface area contributed by atoms with Gasteiger partial charge in [-0.2, -0.15) is 0 Å². The second-order valence-electron chi connectivity index (χ2n) is 6.28. The van der Waals surface area contributed by atoms with Crippen LogP contribution in [0.5, 0.6) is 0 Å². The molecule has 0 bridgehead atoms. The van der Waals surface area contributed by atoms with Gasteiger partial charge in [0, 0.05) is 18.3 Å². The summed E-state index contributed by atoms with van der Waals surface area (Å²) in [5.74, 6) is -0.360. The number of hydrogen-bond acceptors (Lipinski definition) is 4. The van der Waals surface area contributed by atoms with Gasteiger partial charge in [0.1, 0.15) is 0 Å². The van der Waals surface area contributed by atoms with E-state index >= 15 is 0 Å². The number of hydrogen-bond donors (Lipinski definition) is 2. The summed E-state index contributed by atoms with van der Waals surface area (Å²) in [6.45, 7) is 2.38. The summed E-state index contributed by atoms with van der Waals surface area (Å²) < 4.78 is 27.8. The van der Waals surface area contributed by atoms with Crippen molar-refractivity contribution in [2.45, 2.75) is 24.9 Å². The summed E-state index contributed by atoms with van der Waals surface area (Å²) in [5.41, 5.74) is 2.90. The molecule has 0 unspecified atom stereocenters. The molecule has 0 radical (unpaired) electrons. The molecule has 0 aliphatic carbocycles. The van der Waals surface area contributed by atoms with Gasteiger partial charge in [0.25, 0.3) is 5.91 Å². The van der Waals surface area contributed by atoms with Crippen molar-refractivity contribution in [1.29, 1.82) is 0 Å². The average Bonchev–Trinajstić information content (AvgIpc) is 2.72. The summed E-state index contributed by atoms with van der Waals surface area (Å²) in [6, 6.07) is 19.0. The zero-order valence-electron chi connectivity index (χ0n) is 15.4. The van der Waals surface area contributed by atoms with Crippen molar-refractivity contribution in [2.24, 2.45) is 0 Å². The zero-order chi connectivity index (χ0) is 20.0. The molecule has 0 saturated carbocycles. The monoisotopic (exact) mass is 395 g/mol. The summed E-state index contributed by atoms with van der Waals surface area (Å²) >= 11 is 0. The fraction of sp³-hybridized carbons (Fsp3) is 0.143. The molecule has 28 heavy (non-hydrogen) atoms. The van der Waals surface area contributed by atoms with Crippen LogP contribution in [-0.4, -0.2) is 19.3 Å². The number of pyridine rings is 1. The molecule has 0 fully saturated rings. The molecular formula is C21H21N3O3S. The van der Waals surface area contributed by atoms with E-state index in [1.807, 2.05) is 37.3 Å². The SMILES string of the molecule is Cc1ccccc1CNS(=O)(=O)c1cccc(C(=O)NCc2ccccn2)c1. The Morgan fingerprint density at radius 2 is 1.75 bits per heavy atom. The van der Waals surface area contributed by atoms with E-state index in [1.54, 1.807) is 30.5 Å². The summed E-state index contributed by atoms with van der Waals surface area (Å²) in [6.07, 6.45) is 1.65. The first-order valence-electron chi connectivity index (χ1n) is 8.78. The Bertz CT molecular complexity index is 1070. The molecule has 0 aliphatic heterocycles. The molecule has 0 spiro atoms. The number of benzene rings is 2. The van der Waals surface area contributed by atoms with Gasteiger partial charge < -0.3 is 5.32 Å². The first-order valence-corrected chi connectivity index (χ1v) is 10.3. The van der Waals surface area contributed by atoms with Crippen LogP contribution in [0.1, 0.15) is 27.2 Å². The Balaban J connectivity index is 1.69. The van der Waals surface area contributed by atoms with E-state index < -0.39 is 10.0 Å². The smallest absolute Gasteiger partial charge is 0.251 e. The number of aromatic nitrogens is 1. The molecule has 6 nitrogen and oxygen atoms in total. The van der Waals surface area contributed by atoms with Gasteiger partial charge in [-0.15, -0.1) is 0 Å². The van der Waals surface area contributed by atoms with Crippen molar-refractivity contribution in [3.8, 4) is 0 Å². The van der Waals surface area contributed by atoms with Crippen molar-refractivity contribution in [1.82, 2.24) is 15.0 Å². The maximum Gasteiger partial charge on any atom is 0.251 e. The van der Waals surface area contributed by atoms with E-state index in [1.165, 1.54) is 12.1 Å². The Labute approximate surface area is 164 Å². The van der Waals surface area contributed by atoms with Crippen LogP contribution in [0.25, 0.3) is 0 Å². The molecule has 2 aromatic carbocycles. The van der Waals surface area contributed by atoms with Gasteiger partial charge >= 0.3 is 0 Å². The third-order valence-electron chi connectivity index (χ3n) is 4.28. The number of rotatable bonds is 7. The minimum Gasteiger partial charge on any atom is -0.346 e. The Morgan fingerprint density at radius 1 is 0.964 bits per heavy atom. The molecule has 3 rings (SSSR count). The second kappa shape index (κ2) is 8.77. The Hall–Kier alpha value is -3.03. The van der Waals surface area contributed by atoms with Gasteiger partial charge in [0.05, 0.1) is 17.1 Å². The van der Waals surface area contributed by atoms with Gasteiger partial charge in [-0.25, -0.2) is 13.1 Å². The summed E-state index contributed by atoms with van der Waals surface area (Å²) in [7, 11) is -3.74. The number of sulfonamides is 1. The first-order chi connectivity index (χ1) is 13.5. The quantitative estimate of drug-likeness (QED) is 0.644. The van der Waals surface area contributed by atoms with Crippen LogP contribution in [-0.2, 0) is 23.1 Å². The van der Waals surface area contributed by atoms with Crippen molar-refractivity contribution >= 4 is 15.9 Å². The molecule has 144 valence electrons. The predicted octanol–water partition coefficient (Wildman–Crippen LogP) is 2.80. The predicted molar refractivity (Wildman–Crippen MR) is 107 cm³/mol. The fourth-order valence-electron chi connectivity index (χ4n) is 2.64. The highest BCUT2D eigenvalue weighted by atomic mass is 32.2. The highest BCUT2D eigenvalue weighted by Crippen LogP contribution is 2.14. The largest absolute Gasteiger partial charge is 0.346 e. The highest BCUT2D eigenvalue weighted by molar-refractivity contribution is 7.89. The third kappa shape index (κ3) is 5.03.